The normalized spacial score (nSPS) is 10.3. The van der Waals surface area contributed by atoms with Gasteiger partial charge in [0.2, 0.25) is 0 Å². The minimum absolute atomic E-state index is 0.362. The van der Waals surface area contributed by atoms with Gasteiger partial charge in [-0.05, 0) is 17.9 Å². The zero-order valence-electron chi connectivity index (χ0n) is 11.5. The van der Waals surface area contributed by atoms with Crippen molar-refractivity contribution >= 4 is 29.4 Å². The van der Waals surface area contributed by atoms with Crippen LogP contribution in [0.2, 0.25) is 0 Å². The van der Waals surface area contributed by atoms with Crippen molar-refractivity contribution in [1.82, 2.24) is 4.98 Å². The lowest BCUT2D eigenvalue weighted by Crippen LogP contribution is -2.20. The van der Waals surface area contributed by atoms with Crippen molar-refractivity contribution in [2.75, 3.05) is 11.1 Å². The molecular weight excluding hydrogens is 288 g/mol. The van der Waals surface area contributed by atoms with E-state index in [0.717, 1.165) is 10.6 Å². The summed E-state index contributed by atoms with van der Waals surface area (Å²) in [6.45, 7) is 2.01. The molecule has 2 rings (SSSR count). The molecule has 1 heterocycles. The van der Waals surface area contributed by atoms with Crippen LogP contribution in [0.1, 0.15) is 17.3 Å². The lowest BCUT2D eigenvalue weighted by molar-refractivity contribution is 0.100. The van der Waals surface area contributed by atoms with Crippen molar-refractivity contribution in [2.45, 2.75) is 11.8 Å². The zero-order valence-corrected chi connectivity index (χ0v) is 12.3. The number of thioether (sulfide) groups is 1. The number of aromatic amines is 1. The molecule has 6 nitrogen and oxygen atoms in total. The van der Waals surface area contributed by atoms with Gasteiger partial charge in [0.15, 0.2) is 0 Å². The molecule has 21 heavy (non-hydrogen) atoms. The van der Waals surface area contributed by atoms with E-state index >= 15 is 0 Å². The number of primary amides is 2. The molecule has 1 aromatic carbocycles. The third-order valence-electron chi connectivity index (χ3n) is 2.86. The van der Waals surface area contributed by atoms with Gasteiger partial charge in [0.25, 0.3) is 5.91 Å². The maximum Gasteiger partial charge on any atom is 0.316 e. The highest BCUT2D eigenvalue weighted by atomic mass is 32.2. The number of benzene rings is 1. The van der Waals surface area contributed by atoms with Crippen LogP contribution >= 0.6 is 11.8 Å². The predicted molar refractivity (Wildman–Crippen MR) is 84.4 cm³/mol. The van der Waals surface area contributed by atoms with E-state index in [1.165, 1.54) is 0 Å². The summed E-state index contributed by atoms with van der Waals surface area (Å²) < 4.78 is 0. The lowest BCUT2D eigenvalue weighted by Gasteiger charge is -2.14. The summed E-state index contributed by atoms with van der Waals surface area (Å²) in [6.07, 6.45) is 1.63. The Kier molecular flexibility index (Phi) is 4.54. The number of para-hydroxylation sites is 1. The topological polar surface area (TPSA) is 114 Å². The Bertz CT molecular complexity index is 681. The number of aromatic nitrogens is 1. The highest BCUT2D eigenvalue weighted by Gasteiger charge is 2.17. The first-order valence-corrected chi connectivity index (χ1v) is 7.33. The molecule has 0 radical (unpaired) electrons. The van der Waals surface area contributed by atoms with E-state index < -0.39 is 11.9 Å². The summed E-state index contributed by atoms with van der Waals surface area (Å²) in [5, 5.41) is 2.63. The first kappa shape index (κ1) is 15.0. The van der Waals surface area contributed by atoms with Crippen LogP contribution in [0.3, 0.4) is 0 Å². The fourth-order valence-corrected chi connectivity index (χ4v) is 2.86. The van der Waals surface area contributed by atoms with E-state index in [4.69, 9.17) is 11.5 Å². The fourth-order valence-electron chi connectivity index (χ4n) is 2.06. The highest BCUT2D eigenvalue weighted by molar-refractivity contribution is 7.99. The van der Waals surface area contributed by atoms with Gasteiger partial charge in [-0.3, -0.25) is 4.79 Å². The average molecular weight is 304 g/mol. The van der Waals surface area contributed by atoms with Crippen LogP contribution < -0.4 is 16.8 Å². The Balaban J connectivity index is 2.61. The number of rotatable bonds is 5. The number of carbonyl (C=O) groups is 2. The largest absolute Gasteiger partial charge is 0.366 e. The van der Waals surface area contributed by atoms with Crippen LogP contribution in [0.5, 0.6) is 0 Å². The summed E-state index contributed by atoms with van der Waals surface area (Å²) in [5.41, 5.74) is 12.8. The standard InChI is InChI=1S/C14H16N4O2S/c1-2-21-10-5-3-4-8(12(10)18-14(16)20)11-9(13(15)19)6-7-17-11/h3-7,17H,2H2,1H3,(H2,15,19)(H3,16,18,20). The second kappa shape index (κ2) is 6.36. The van der Waals surface area contributed by atoms with Gasteiger partial charge in [0.1, 0.15) is 0 Å². The van der Waals surface area contributed by atoms with Gasteiger partial charge in [0, 0.05) is 16.7 Å². The van der Waals surface area contributed by atoms with E-state index in [1.807, 2.05) is 19.1 Å². The molecule has 2 aromatic rings. The molecule has 1 aromatic heterocycles. The number of amides is 3. The summed E-state index contributed by atoms with van der Waals surface area (Å²) in [7, 11) is 0. The third kappa shape index (κ3) is 3.19. The molecule has 3 amide bonds. The molecule has 110 valence electrons. The summed E-state index contributed by atoms with van der Waals surface area (Å²) >= 11 is 1.57. The molecule has 0 fully saturated rings. The molecule has 0 saturated carbocycles. The minimum atomic E-state index is -0.660. The van der Waals surface area contributed by atoms with Crippen molar-refractivity contribution in [3.63, 3.8) is 0 Å². The third-order valence-corrected chi connectivity index (χ3v) is 3.80. The monoisotopic (exact) mass is 304 g/mol. The number of nitrogens with two attached hydrogens (primary N) is 2. The molecule has 0 atom stereocenters. The van der Waals surface area contributed by atoms with Crippen molar-refractivity contribution in [3.05, 3.63) is 36.0 Å². The zero-order chi connectivity index (χ0) is 15.4. The second-order valence-electron chi connectivity index (χ2n) is 4.23. The van der Waals surface area contributed by atoms with Crippen molar-refractivity contribution in [2.24, 2.45) is 11.5 Å². The SMILES string of the molecule is CCSc1cccc(-c2[nH]ccc2C(N)=O)c1NC(N)=O. The lowest BCUT2D eigenvalue weighted by atomic mass is 10.1. The number of urea groups is 1. The van der Waals surface area contributed by atoms with Crippen LogP contribution in [0.15, 0.2) is 35.4 Å². The van der Waals surface area contributed by atoms with Crippen molar-refractivity contribution in [3.8, 4) is 11.3 Å². The second-order valence-corrected chi connectivity index (χ2v) is 5.54. The van der Waals surface area contributed by atoms with E-state index in [0.29, 0.717) is 22.5 Å². The highest BCUT2D eigenvalue weighted by Crippen LogP contribution is 2.37. The van der Waals surface area contributed by atoms with Crippen molar-refractivity contribution < 1.29 is 9.59 Å². The van der Waals surface area contributed by atoms with Gasteiger partial charge in [-0.15, -0.1) is 11.8 Å². The summed E-state index contributed by atoms with van der Waals surface area (Å²) in [5.74, 6) is 0.300. The molecule has 0 saturated heterocycles. The Labute approximate surface area is 126 Å². The number of carbonyl (C=O) groups excluding carboxylic acids is 2. The molecule has 0 spiro atoms. The summed E-state index contributed by atoms with van der Waals surface area (Å²) in [6, 6.07) is 6.47. The Hall–Kier alpha value is -2.41. The maximum atomic E-state index is 11.5. The molecule has 6 N–H and O–H groups in total. The molecule has 0 aliphatic carbocycles. The van der Waals surface area contributed by atoms with E-state index in [9.17, 15) is 9.59 Å². The van der Waals surface area contributed by atoms with Gasteiger partial charge in [-0.1, -0.05) is 19.1 Å². The van der Waals surface area contributed by atoms with Gasteiger partial charge in [-0.2, -0.15) is 0 Å². The number of H-pyrrole nitrogens is 1. The van der Waals surface area contributed by atoms with Crippen LogP contribution in [-0.2, 0) is 0 Å². The molecule has 7 heteroatoms. The molecule has 0 unspecified atom stereocenters. The van der Waals surface area contributed by atoms with E-state index in [-0.39, 0.29) is 0 Å². The minimum Gasteiger partial charge on any atom is -0.366 e. The summed E-state index contributed by atoms with van der Waals surface area (Å²) in [4.78, 5) is 26.6. The molecular formula is C14H16N4O2S. The fraction of sp³-hybridized carbons (Fsp3) is 0.143. The average Bonchev–Trinajstić information content (AvgIpc) is 2.89. The van der Waals surface area contributed by atoms with Crippen LogP contribution in [0, 0.1) is 0 Å². The van der Waals surface area contributed by atoms with Crippen LogP contribution in [0.25, 0.3) is 11.3 Å². The maximum absolute atomic E-state index is 11.5. The van der Waals surface area contributed by atoms with E-state index in [2.05, 4.69) is 10.3 Å². The Morgan fingerprint density at radius 1 is 1.29 bits per heavy atom. The van der Waals surface area contributed by atoms with Crippen LogP contribution in [0.4, 0.5) is 10.5 Å². The number of nitrogens with one attached hydrogen (secondary N) is 2. The molecule has 0 bridgehead atoms. The number of hydrogen-bond acceptors (Lipinski definition) is 3. The van der Waals surface area contributed by atoms with Gasteiger partial charge in [-0.25, -0.2) is 4.79 Å². The smallest absolute Gasteiger partial charge is 0.316 e. The number of hydrogen-bond donors (Lipinski definition) is 4. The first-order valence-electron chi connectivity index (χ1n) is 6.34. The van der Waals surface area contributed by atoms with E-state index in [1.54, 1.807) is 30.1 Å². The Morgan fingerprint density at radius 2 is 2.05 bits per heavy atom. The first-order chi connectivity index (χ1) is 10.0. The van der Waals surface area contributed by atoms with Gasteiger partial charge < -0.3 is 21.8 Å². The van der Waals surface area contributed by atoms with Gasteiger partial charge in [0.05, 0.1) is 16.9 Å². The predicted octanol–water partition coefficient (Wildman–Crippen LogP) is 2.38. The quantitative estimate of drug-likeness (QED) is 0.636. The molecule has 0 aliphatic rings. The van der Waals surface area contributed by atoms with Crippen molar-refractivity contribution in [1.29, 1.82) is 0 Å². The van der Waals surface area contributed by atoms with Gasteiger partial charge >= 0.3 is 6.03 Å². The molecule has 0 aliphatic heterocycles. The number of anilines is 1. The van der Waals surface area contributed by atoms with Crippen LogP contribution in [-0.4, -0.2) is 22.7 Å². The Morgan fingerprint density at radius 3 is 2.67 bits per heavy atom.